The van der Waals surface area contributed by atoms with E-state index in [-0.39, 0.29) is 49.3 Å². The van der Waals surface area contributed by atoms with E-state index in [2.05, 4.69) is 20.9 Å². The number of hydrogen-bond donors (Lipinski definition) is 3. The van der Waals surface area contributed by atoms with Crippen LogP contribution in [0, 0.1) is 12.8 Å². The van der Waals surface area contributed by atoms with Gasteiger partial charge in [0.2, 0.25) is 12.3 Å². The molecule has 0 aliphatic carbocycles. The Balaban J connectivity index is 1.07. The van der Waals surface area contributed by atoms with Crippen molar-refractivity contribution in [3.63, 3.8) is 0 Å². The molecule has 5 aromatic rings. The van der Waals surface area contributed by atoms with Crippen molar-refractivity contribution in [3.8, 4) is 17.1 Å². The maximum atomic E-state index is 13.9. The van der Waals surface area contributed by atoms with Crippen molar-refractivity contribution < 1.29 is 61.8 Å². The summed E-state index contributed by atoms with van der Waals surface area (Å²) in [5.74, 6) is -4.58. The minimum Gasteiger partial charge on any atom is -0.493 e. The summed E-state index contributed by atoms with van der Waals surface area (Å²) in [5.41, 5.74) is 3.98. The first-order valence-corrected chi connectivity index (χ1v) is 25.4. The fourth-order valence-electron chi connectivity index (χ4n) is 8.54. The summed E-state index contributed by atoms with van der Waals surface area (Å²) in [6.45, 7) is 10.8. The topological polar surface area (TPSA) is 221 Å². The quantitative estimate of drug-likeness (QED) is 0.0146. The summed E-state index contributed by atoms with van der Waals surface area (Å²) >= 11 is 0. The number of hydrogen-bond acceptors (Lipinski definition) is 14. The Bertz CT molecular complexity index is 2690. The van der Waals surface area contributed by atoms with E-state index in [0.717, 1.165) is 42.1 Å². The SMILES string of the molecule is CCCCC[C@@H](C(=O)NCNC(=O)c1ccc(-c2ccc(C(=O)N[C@@H](CC(=O)OCc3ccccc3)C(=O)OCc3ccccc3)c(OCC)c2)o1)[C@@H](CC)N(C=O)OC(=O)c1ccc(CN2CCOCC2)cc1C. The van der Waals surface area contributed by atoms with E-state index in [1.807, 2.05) is 38.1 Å². The lowest BCUT2D eigenvalue weighted by Gasteiger charge is -2.32. The lowest BCUT2D eigenvalue weighted by molar-refractivity contribution is -0.171. The zero-order valence-electron chi connectivity index (χ0n) is 43.0. The van der Waals surface area contributed by atoms with E-state index >= 15 is 0 Å². The van der Waals surface area contributed by atoms with Gasteiger partial charge in [-0.25, -0.2) is 9.59 Å². The number of benzene rings is 4. The second kappa shape index (κ2) is 29.2. The third-order valence-electron chi connectivity index (χ3n) is 12.6. The van der Waals surface area contributed by atoms with Gasteiger partial charge in [-0.3, -0.25) is 28.9 Å². The Morgan fingerprint density at radius 3 is 2.11 bits per heavy atom. The molecule has 4 aromatic carbocycles. The number of morpholine rings is 1. The minimum atomic E-state index is -1.41. The monoisotopic (exact) mass is 1030 g/mol. The molecule has 18 nitrogen and oxygen atoms in total. The van der Waals surface area contributed by atoms with Crippen LogP contribution in [-0.4, -0.2) is 104 Å². The van der Waals surface area contributed by atoms with Gasteiger partial charge in [0, 0.05) is 25.2 Å². The fraction of sp³-hybridized carbons (Fsp3) is 0.386. The van der Waals surface area contributed by atoms with Gasteiger partial charge in [0.15, 0.2) is 5.76 Å². The molecule has 3 atom stereocenters. The van der Waals surface area contributed by atoms with Crippen molar-refractivity contribution in [2.45, 2.75) is 98.1 Å². The number of carbonyl (C=O) groups excluding carboxylic acids is 7. The Morgan fingerprint density at radius 1 is 0.760 bits per heavy atom. The van der Waals surface area contributed by atoms with Crippen LogP contribution in [0.1, 0.15) is 113 Å². The van der Waals surface area contributed by atoms with Crippen molar-refractivity contribution >= 4 is 42.0 Å². The highest BCUT2D eigenvalue weighted by Crippen LogP contribution is 2.30. The number of aryl methyl sites for hydroxylation is 1. The van der Waals surface area contributed by atoms with Crippen LogP contribution < -0.4 is 20.7 Å². The molecule has 1 aromatic heterocycles. The normalized spacial score (nSPS) is 13.5. The molecule has 1 fully saturated rings. The fourth-order valence-corrected chi connectivity index (χ4v) is 8.54. The molecule has 0 spiro atoms. The third kappa shape index (κ3) is 16.8. The lowest BCUT2D eigenvalue weighted by Crippen LogP contribution is -2.49. The van der Waals surface area contributed by atoms with Crippen molar-refractivity contribution in [2.75, 3.05) is 39.6 Å². The maximum absolute atomic E-state index is 13.9. The summed E-state index contributed by atoms with van der Waals surface area (Å²) in [7, 11) is 0. The standard InChI is InChI=1S/C57H67N5O13/c1-5-8-11-20-45(48(6-2)62(38-63)75-56(68)44-23-21-42(31-39(44)4)34-61-27-29-70-30-28-61)53(65)58-37-59-55(67)50-26-25-49(74-50)43-22-24-46(51(32-43)71-7-3)54(66)60-47(57(69)73-36-41-18-14-10-15-19-41)33-52(64)72-35-40-16-12-9-13-17-40/h9-10,12-19,21-26,31-32,38,45,47-48H,5-8,11,20,27-30,33-37H2,1-4H3,(H,58,65)(H,59,67)(H,60,66)/t45-,47+,48-/m1/s1. The van der Waals surface area contributed by atoms with E-state index in [9.17, 15) is 33.6 Å². The van der Waals surface area contributed by atoms with Gasteiger partial charge in [-0.15, -0.1) is 0 Å². The van der Waals surface area contributed by atoms with Crippen LogP contribution in [0.5, 0.6) is 5.75 Å². The molecular weight excluding hydrogens is 963 g/mol. The van der Waals surface area contributed by atoms with Gasteiger partial charge in [-0.05, 0) is 79.3 Å². The van der Waals surface area contributed by atoms with Crippen LogP contribution in [-0.2, 0) is 58.0 Å². The van der Waals surface area contributed by atoms with Gasteiger partial charge in [-0.1, -0.05) is 112 Å². The van der Waals surface area contributed by atoms with E-state index < -0.39 is 60.1 Å². The summed E-state index contributed by atoms with van der Waals surface area (Å²) in [5, 5.41) is 8.95. The second-order valence-electron chi connectivity index (χ2n) is 18.0. The molecule has 1 aliphatic heterocycles. The number of rotatable bonds is 28. The molecular formula is C57H67N5O13. The van der Waals surface area contributed by atoms with E-state index in [0.29, 0.717) is 67.7 Å². The van der Waals surface area contributed by atoms with Gasteiger partial charge in [0.1, 0.15) is 30.8 Å². The summed E-state index contributed by atoms with van der Waals surface area (Å²) in [6.07, 6.45) is 2.98. The molecule has 3 N–H and O–H groups in total. The molecule has 0 unspecified atom stereocenters. The Hall–Kier alpha value is -7.83. The summed E-state index contributed by atoms with van der Waals surface area (Å²) < 4.78 is 28.2. The zero-order chi connectivity index (χ0) is 53.5. The highest BCUT2D eigenvalue weighted by molar-refractivity contribution is 6.00. The Labute approximate surface area is 437 Å². The third-order valence-corrected chi connectivity index (χ3v) is 12.6. The Kier molecular flexibility index (Phi) is 22.0. The smallest absolute Gasteiger partial charge is 0.363 e. The Morgan fingerprint density at radius 2 is 1.45 bits per heavy atom. The van der Waals surface area contributed by atoms with Crippen LogP contribution in [0.15, 0.2) is 114 Å². The molecule has 1 aliphatic rings. The molecule has 398 valence electrons. The first-order chi connectivity index (χ1) is 36.4. The summed E-state index contributed by atoms with van der Waals surface area (Å²) in [4.78, 5) is 101. The number of carbonyl (C=O) groups is 7. The van der Waals surface area contributed by atoms with Crippen molar-refractivity contribution in [3.05, 3.63) is 148 Å². The predicted molar refractivity (Wildman–Crippen MR) is 276 cm³/mol. The minimum absolute atomic E-state index is 0.0292. The largest absolute Gasteiger partial charge is 0.493 e. The van der Waals surface area contributed by atoms with E-state index in [1.165, 1.54) is 12.1 Å². The van der Waals surface area contributed by atoms with Crippen molar-refractivity contribution in [2.24, 2.45) is 5.92 Å². The molecule has 2 heterocycles. The van der Waals surface area contributed by atoms with Crippen LogP contribution in [0.4, 0.5) is 0 Å². The number of esters is 2. The average Bonchev–Trinajstić information content (AvgIpc) is 3.93. The molecule has 18 heteroatoms. The highest BCUT2D eigenvalue weighted by atomic mass is 16.7. The number of unbranched alkanes of at least 4 members (excludes halogenated alkanes) is 2. The second-order valence-corrected chi connectivity index (χ2v) is 18.0. The molecule has 1 saturated heterocycles. The zero-order valence-corrected chi connectivity index (χ0v) is 43.0. The number of nitrogens with zero attached hydrogens (tertiary/aromatic N) is 2. The van der Waals surface area contributed by atoms with Gasteiger partial charge in [0.25, 0.3) is 11.8 Å². The van der Waals surface area contributed by atoms with Crippen LogP contribution >= 0.6 is 0 Å². The van der Waals surface area contributed by atoms with Crippen molar-refractivity contribution in [1.82, 2.24) is 25.9 Å². The van der Waals surface area contributed by atoms with Gasteiger partial charge < -0.3 is 44.2 Å². The number of nitrogens with one attached hydrogen (secondary N) is 3. The van der Waals surface area contributed by atoms with E-state index in [1.54, 1.807) is 86.6 Å². The van der Waals surface area contributed by atoms with E-state index in [4.69, 9.17) is 28.2 Å². The number of ether oxygens (including phenoxy) is 4. The average molecular weight is 1030 g/mol. The predicted octanol–water partition coefficient (Wildman–Crippen LogP) is 7.47. The maximum Gasteiger partial charge on any atom is 0.363 e. The van der Waals surface area contributed by atoms with Crippen LogP contribution in [0.25, 0.3) is 11.3 Å². The number of hydroxylamine groups is 2. The highest BCUT2D eigenvalue weighted by Gasteiger charge is 2.34. The molecule has 0 radical (unpaired) electrons. The molecule has 6 rings (SSSR count). The van der Waals surface area contributed by atoms with Crippen LogP contribution in [0.2, 0.25) is 0 Å². The lowest BCUT2D eigenvalue weighted by atomic mass is 9.90. The number of amides is 4. The molecule has 0 bridgehead atoms. The molecule has 4 amide bonds. The van der Waals surface area contributed by atoms with Gasteiger partial charge >= 0.3 is 17.9 Å². The van der Waals surface area contributed by atoms with Crippen molar-refractivity contribution in [1.29, 1.82) is 0 Å². The number of furan rings is 1. The first-order valence-electron chi connectivity index (χ1n) is 25.4. The first kappa shape index (κ1) is 56.5. The van der Waals surface area contributed by atoms with Gasteiger partial charge in [0.05, 0.1) is 56.0 Å². The molecule has 75 heavy (non-hydrogen) atoms. The molecule has 0 saturated carbocycles. The van der Waals surface area contributed by atoms with Crippen LogP contribution in [0.3, 0.4) is 0 Å². The van der Waals surface area contributed by atoms with Gasteiger partial charge in [-0.2, -0.15) is 5.06 Å². The summed E-state index contributed by atoms with van der Waals surface area (Å²) in [6, 6.07) is 28.8.